The van der Waals surface area contributed by atoms with E-state index in [0.29, 0.717) is 23.7 Å². The summed E-state index contributed by atoms with van der Waals surface area (Å²) in [6, 6.07) is 4.04. The van der Waals surface area contributed by atoms with Crippen molar-refractivity contribution in [1.29, 1.82) is 0 Å². The highest BCUT2D eigenvalue weighted by Crippen LogP contribution is 2.33. The molecule has 8 heteroatoms. The predicted octanol–water partition coefficient (Wildman–Crippen LogP) is 3.88. The lowest BCUT2D eigenvalue weighted by molar-refractivity contribution is -0.274. The Morgan fingerprint density at radius 3 is 2.44 bits per heavy atom. The van der Waals surface area contributed by atoms with Gasteiger partial charge in [0.1, 0.15) is 5.75 Å². The zero-order chi connectivity index (χ0) is 20.0. The molecule has 0 aliphatic heterocycles. The maximum Gasteiger partial charge on any atom is 0.573 e. The van der Waals surface area contributed by atoms with Crippen LogP contribution in [0.2, 0.25) is 0 Å². The van der Waals surface area contributed by atoms with Crippen LogP contribution < -0.4 is 9.64 Å². The molecule has 1 N–H and O–H groups in total. The van der Waals surface area contributed by atoms with E-state index in [1.54, 1.807) is 6.07 Å². The van der Waals surface area contributed by atoms with E-state index in [-0.39, 0.29) is 24.2 Å². The van der Waals surface area contributed by atoms with Crippen molar-refractivity contribution in [2.75, 3.05) is 25.1 Å². The van der Waals surface area contributed by atoms with Gasteiger partial charge in [-0.05, 0) is 56.7 Å². The maximum atomic E-state index is 12.4. The number of aliphatic hydroxyl groups excluding tert-OH is 1. The van der Waals surface area contributed by atoms with Gasteiger partial charge in [0.25, 0.3) is 0 Å². The van der Waals surface area contributed by atoms with Gasteiger partial charge in [0.05, 0.1) is 19.6 Å². The summed E-state index contributed by atoms with van der Waals surface area (Å²) in [5.74, 6) is -0.176. The molecule has 27 heavy (non-hydrogen) atoms. The van der Waals surface area contributed by atoms with Crippen LogP contribution in [0.3, 0.4) is 0 Å². The van der Waals surface area contributed by atoms with Gasteiger partial charge in [-0.3, -0.25) is 4.79 Å². The number of halogens is 3. The number of anilines is 1. The second kappa shape index (κ2) is 9.30. The highest BCUT2D eigenvalue weighted by molar-refractivity contribution is 5.72. The van der Waals surface area contributed by atoms with Crippen LogP contribution in [0.15, 0.2) is 18.2 Å². The number of nitrogens with zero attached hydrogens (tertiary/aromatic N) is 1. The zero-order valence-electron chi connectivity index (χ0n) is 15.6. The van der Waals surface area contributed by atoms with Crippen LogP contribution in [0.1, 0.15) is 38.2 Å². The molecule has 0 heterocycles. The fraction of sp³-hybridized carbons (Fsp3) is 0.632. The number of alkyl halides is 3. The maximum absolute atomic E-state index is 12.4. The van der Waals surface area contributed by atoms with Crippen LogP contribution in [0.25, 0.3) is 0 Å². The van der Waals surface area contributed by atoms with Crippen LogP contribution >= 0.6 is 0 Å². The Balaban J connectivity index is 2.05. The van der Waals surface area contributed by atoms with Crippen LogP contribution in [-0.4, -0.2) is 37.6 Å². The normalized spacial score (nSPS) is 20.2. The summed E-state index contributed by atoms with van der Waals surface area (Å²) in [5.41, 5.74) is 1.09. The van der Waals surface area contributed by atoms with E-state index in [9.17, 15) is 23.1 Å². The molecule has 1 fully saturated rings. The molecule has 1 saturated carbocycles. The summed E-state index contributed by atoms with van der Waals surface area (Å²) >= 11 is 0. The fourth-order valence-electron chi connectivity index (χ4n) is 3.65. The number of carbonyl (C=O) groups excluding carboxylic acids is 1. The van der Waals surface area contributed by atoms with Crippen molar-refractivity contribution in [2.24, 2.45) is 11.8 Å². The van der Waals surface area contributed by atoms with Gasteiger partial charge in [0.2, 0.25) is 0 Å². The molecule has 0 radical (unpaired) electrons. The highest BCUT2D eigenvalue weighted by Gasteiger charge is 2.32. The molecule has 1 aliphatic carbocycles. The lowest BCUT2D eigenvalue weighted by Gasteiger charge is -2.33. The highest BCUT2D eigenvalue weighted by atomic mass is 19.4. The third-order valence-electron chi connectivity index (χ3n) is 5.04. The van der Waals surface area contributed by atoms with Crippen molar-refractivity contribution >= 4 is 11.7 Å². The van der Waals surface area contributed by atoms with Crippen molar-refractivity contribution in [3.63, 3.8) is 0 Å². The largest absolute Gasteiger partial charge is 0.573 e. The zero-order valence-corrected chi connectivity index (χ0v) is 15.6. The van der Waals surface area contributed by atoms with Gasteiger partial charge in [0, 0.05) is 24.3 Å². The van der Waals surface area contributed by atoms with E-state index in [1.165, 1.54) is 19.2 Å². The number of hydrogen-bond acceptors (Lipinski definition) is 5. The second-order valence-electron chi connectivity index (χ2n) is 6.78. The first-order chi connectivity index (χ1) is 12.8. The van der Waals surface area contributed by atoms with Gasteiger partial charge < -0.3 is 19.5 Å². The van der Waals surface area contributed by atoms with E-state index >= 15 is 0 Å². The number of hydrogen-bond donors (Lipinski definition) is 1. The summed E-state index contributed by atoms with van der Waals surface area (Å²) in [6.45, 7) is 2.96. The Hall–Kier alpha value is -1.96. The Morgan fingerprint density at radius 2 is 1.93 bits per heavy atom. The van der Waals surface area contributed by atoms with E-state index in [4.69, 9.17) is 4.74 Å². The molecule has 0 amide bonds. The average molecular weight is 389 g/mol. The van der Waals surface area contributed by atoms with Crippen molar-refractivity contribution in [2.45, 2.75) is 45.6 Å². The number of methoxy groups -OCH3 is 1. The standard InChI is InChI=1S/C19H26F3NO4/c1-3-23(11-13-4-6-14(7-5-13)18(25)26-2)17-9-8-16(10-15(17)12-24)27-19(20,21)22/h8-10,13-14,24H,3-7,11-12H2,1-2H3/t13-,14-. The van der Waals surface area contributed by atoms with E-state index < -0.39 is 6.36 Å². The first kappa shape index (κ1) is 21.3. The quantitative estimate of drug-likeness (QED) is 0.717. The summed E-state index contributed by atoms with van der Waals surface area (Å²) in [4.78, 5) is 13.7. The molecule has 1 aromatic rings. The number of carbonyl (C=O) groups is 1. The molecule has 2 rings (SSSR count). The molecule has 1 aromatic carbocycles. The lowest BCUT2D eigenvalue weighted by Crippen LogP contribution is -2.33. The Bertz CT molecular complexity index is 628. The first-order valence-corrected chi connectivity index (χ1v) is 9.09. The molecule has 1 aliphatic rings. The van der Waals surface area contributed by atoms with Crippen LogP contribution in [0.5, 0.6) is 5.75 Å². The van der Waals surface area contributed by atoms with Gasteiger partial charge in [-0.2, -0.15) is 0 Å². The third-order valence-corrected chi connectivity index (χ3v) is 5.04. The molecule has 0 spiro atoms. The van der Waals surface area contributed by atoms with Crippen molar-refractivity contribution in [1.82, 2.24) is 0 Å². The van der Waals surface area contributed by atoms with E-state index in [0.717, 1.165) is 32.2 Å². The lowest BCUT2D eigenvalue weighted by atomic mass is 9.81. The minimum Gasteiger partial charge on any atom is -0.469 e. The summed E-state index contributed by atoms with van der Waals surface area (Å²) in [7, 11) is 1.40. The number of benzene rings is 1. The fourth-order valence-corrected chi connectivity index (χ4v) is 3.65. The van der Waals surface area contributed by atoms with Gasteiger partial charge >= 0.3 is 12.3 Å². The van der Waals surface area contributed by atoms with Crippen LogP contribution in [0.4, 0.5) is 18.9 Å². The number of esters is 1. The topological polar surface area (TPSA) is 59.0 Å². The molecule has 152 valence electrons. The minimum atomic E-state index is -4.77. The molecule has 0 saturated heterocycles. The SMILES string of the molecule is CCN(C[C@H]1CC[C@H](C(=O)OC)CC1)c1ccc(OC(F)(F)F)cc1CO. The van der Waals surface area contributed by atoms with Crippen LogP contribution in [0, 0.1) is 11.8 Å². The molecule has 5 nitrogen and oxygen atoms in total. The van der Waals surface area contributed by atoms with Gasteiger partial charge in [-0.25, -0.2) is 0 Å². The molecular weight excluding hydrogens is 363 g/mol. The number of rotatable bonds is 7. The first-order valence-electron chi connectivity index (χ1n) is 9.09. The summed E-state index contributed by atoms with van der Waals surface area (Å²) in [5, 5.41) is 9.60. The molecular formula is C19H26F3NO4. The molecule has 0 atom stereocenters. The van der Waals surface area contributed by atoms with E-state index in [1.807, 2.05) is 11.8 Å². The van der Waals surface area contributed by atoms with Crippen LogP contribution in [-0.2, 0) is 16.1 Å². The Kier molecular flexibility index (Phi) is 7.35. The molecule has 0 aromatic heterocycles. The average Bonchev–Trinajstić information content (AvgIpc) is 2.64. The van der Waals surface area contributed by atoms with Gasteiger partial charge in [0.15, 0.2) is 0 Å². The predicted molar refractivity (Wildman–Crippen MR) is 94.4 cm³/mol. The Labute approximate surface area is 157 Å². The van der Waals surface area contributed by atoms with Crippen molar-refractivity contribution in [3.05, 3.63) is 23.8 Å². The second-order valence-corrected chi connectivity index (χ2v) is 6.78. The van der Waals surface area contributed by atoms with Gasteiger partial charge in [-0.1, -0.05) is 0 Å². The minimum absolute atomic E-state index is 0.0480. The third kappa shape index (κ3) is 6.02. The number of aliphatic hydroxyl groups is 1. The molecule has 0 unspecified atom stereocenters. The number of ether oxygens (including phenoxy) is 2. The molecule has 0 bridgehead atoms. The Morgan fingerprint density at radius 1 is 1.26 bits per heavy atom. The van der Waals surface area contributed by atoms with E-state index in [2.05, 4.69) is 4.74 Å². The monoisotopic (exact) mass is 389 g/mol. The smallest absolute Gasteiger partial charge is 0.469 e. The van der Waals surface area contributed by atoms with Gasteiger partial charge in [-0.15, -0.1) is 13.2 Å². The summed E-state index contributed by atoms with van der Waals surface area (Å²) in [6.07, 6.45) is -1.43. The van der Waals surface area contributed by atoms with Crippen molar-refractivity contribution in [3.8, 4) is 5.75 Å². The van der Waals surface area contributed by atoms with Crippen molar-refractivity contribution < 1.29 is 32.5 Å². The summed E-state index contributed by atoms with van der Waals surface area (Å²) < 4.78 is 45.9.